The van der Waals surface area contributed by atoms with Crippen molar-refractivity contribution in [1.82, 2.24) is 5.32 Å². The van der Waals surface area contributed by atoms with E-state index in [1.165, 1.54) is 0 Å². The quantitative estimate of drug-likeness (QED) is 0.413. The highest BCUT2D eigenvalue weighted by atomic mass is 16.5. The third-order valence-corrected chi connectivity index (χ3v) is 1.54. The van der Waals surface area contributed by atoms with Gasteiger partial charge in [0.15, 0.2) is 0 Å². The van der Waals surface area contributed by atoms with E-state index in [9.17, 15) is 0 Å². The van der Waals surface area contributed by atoms with Gasteiger partial charge in [0.05, 0.1) is 6.61 Å². The zero-order chi connectivity index (χ0) is 11.7. The lowest BCUT2D eigenvalue weighted by Gasteiger charge is -2.08. The summed E-state index contributed by atoms with van der Waals surface area (Å²) in [5.74, 6) is 0.801. The number of amidine groups is 1. The Morgan fingerprint density at radius 3 is 2.67 bits per heavy atom. The van der Waals surface area contributed by atoms with Gasteiger partial charge in [0.2, 0.25) is 0 Å². The second kappa shape index (κ2) is 8.00. The van der Waals surface area contributed by atoms with E-state index in [1.807, 2.05) is 26.8 Å². The lowest BCUT2D eigenvalue weighted by Crippen LogP contribution is -2.22. The number of nitrogens with one attached hydrogen (secondary N) is 1. The van der Waals surface area contributed by atoms with Gasteiger partial charge in [-0.25, -0.2) is 4.99 Å². The first-order valence-corrected chi connectivity index (χ1v) is 4.97. The van der Waals surface area contributed by atoms with Gasteiger partial charge in [0, 0.05) is 18.0 Å². The summed E-state index contributed by atoms with van der Waals surface area (Å²) in [5.41, 5.74) is 1.71. The molecule has 0 aliphatic heterocycles. The van der Waals surface area contributed by atoms with Crippen LogP contribution in [0.25, 0.3) is 0 Å². The minimum atomic E-state index is 0.508. The average Bonchev–Trinajstić information content (AvgIpc) is 2.14. The molecule has 0 aliphatic carbocycles. The summed E-state index contributed by atoms with van der Waals surface area (Å²) in [7, 11) is 0. The summed E-state index contributed by atoms with van der Waals surface area (Å²) in [6.45, 7) is 14.4. The van der Waals surface area contributed by atoms with E-state index in [0.717, 1.165) is 17.2 Å². The second-order valence-corrected chi connectivity index (χ2v) is 3.11. The van der Waals surface area contributed by atoms with Crippen molar-refractivity contribution in [3.63, 3.8) is 0 Å². The largest absolute Gasteiger partial charge is 0.376 e. The SMILES string of the molecule is C=C/C=C(C)\N=C(/C)NC(=C)COCC. The number of aliphatic imine (C=N–C) groups is 1. The van der Waals surface area contributed by atoms with Crippen LogP contribution in [0.1, 0.15) is 20.8 Å². The van der Waals surface area contributed by atoms with Crippen LogP contribution in [0.4, 0.5) is 0 Å². The predicted octanol–water partition coefficient (Wildman–Crippen LogP) is 2.63. The molecule has 0 atom stereocenters. The highest BCUT2D eigenvalue weighted by Crippen LogP contribution is 1.96. The van der Waals surface area contributed by atoms with Crippen LogP contribution in [0.3, 0.4) is 0 Å². The van der Waals surface area contributed by atoms with Gasteiger partial charge in [-0.1, -0.05) is 19.2 Å². The molecule has 0 radical (unpaired) electrons. The van der Waals surface area contributed by atoms with Gasteiger partial charge in [0.1, 0.15) is 5.84 Å². The molecule has 0 rings (SSSR count). The minimum absolute atomic E-state index is 0.508. The zero-order valence-electron chi connectivity index (χ0n) is 9.84. The first kappa shape index (κ1) is 13.7. The fraction of sp³-hybridized carbons (Fsp3) is 0.417. The molecule has 15 heavy (non-hydrogen) atoms. The molecule has 0 unspecified atom stereocenters. The maximum absolute atomic E-state index is 5.20. The molecule has 0 amide bonds. The van der Waals surface area contributed by atoms with Gasteiger partial charge < -0.3 is 10.1 Å². The highest BCUT2D eigenvalue weighted by molar-refractivity contribution is 5.82. The number of ether oxygens (including phenoxy) is 1. The number of hydrogen-bond acceptors (Lipinski definition) is 2. The van der Waals surface area contributed by atoms with Gasteiger partial charge >= 0.3 is 0 Å². The van der Waals surface area contributed by atoms with Gasteiger partial charge in [-0.05, 0) is 26.8 Å². The van der Waals surface area contributed by atoms with Crippen LogP contribution >= 0.6 is 0 Å². The van der Waals surface area contributed by atoms with Crippen molar-refractivity contribution in [3.05, 3.63) is 36.7 Å². The molecule has 3 heteroatoms. The van der Waals surface area contributed by atoms with E-state index in [2.05, 4.69) is 23.5 Å². The predicted molar refractivity (Wildman–Crippen MR) is 65.8 cm³/mol. The summed E-state index contributed by atoms with van der Waals surface area (Å²) < 4.78 is 5.20. The molecule has 3 nitrogen and oxygen atoms in total. The Morgan fingerprint density at radius 2 is 2.13 bits per heavy atom. The molecule has 0 bridgehead atoms. The molecule has 0 aromatic rings. The fourth-order valence-corrected chi connectivity index (χ4v) is 1.02. The normalized spacial score (nSPS) is 12.5. The monoisotopic (exact) mass is 208 g/mol. The summed E-state index contributed by atoms with van der Waals surface area (Å²) in [4.78, 5) is 4.29. The standard InChI is InChI=1S/C12H20N2O/c1-6-8-10(3)13-12(5)14-11(4)9-15-7-2/h6,8H,1,4,7,9H2,2-3,5H3,(H,13,14)/b10-8-. The molecule has 0 saturated carbocycles. The Morgan fingerprint density at radius 1 is 1.47 bits per heavy atom. The molecule has 0 aromatic carbocycles. The van der Waals surface area contributed by atoms with Crippen molar-refractivity contribution < 1.29 is 4.74 Å². The molecule has 0 aliphatic rings. The number of allylic oxidation sites excluding steroid dienone is 3. The van der Waals surface area contributed by atoms with Crippen molar-refractivity contribution in [2.45, 2.75) is 20.8 Å². The van der Waals surface area contributed by atoms with Gasteiger partial charge in [-0.2, -0.15) is 0 Å². The maximum atomic E-state index is 5.20. The third-order valence-electron chi connectivity index (χ3n) is 1.54. The molecule has 84 valence electrons. The van der Waals surface area contributed by atoms with Crippen LogP contribution in [0.15, 0.2) is 41.7 Å². The molecular formula is C12H20N2O. The number of hydrogen-bond donors (Lipinski definition) is 1. The molecule has 0 spiro atoms. The lowest BCUT2D eigenvalue weighted by molar-refractivity contribution is 0.168. The van der Waals surface area contributed by atoms with Crippen molar-refractivity contribution in [1.29, 1.82) is 0 Å². The van der Waals surface area contributed by atoms with E-state index in [1.54, 1.807) is 6.08 Å². The molecule has 0 fully saturated rings. The fourth-order valence-electron chi connectivity index (χ4n) is 1.02. The summed E-state index contributed by atoms with van der Waals surface area (Å²) in [6.07, 6.45) is 3.55. The molecule has 0 saturated heterocycles. The Balaban J connectivity index is 4.11. The first-order valence-electron chi connectivity index (χ1n) is 4.97. The Labute approximate surface area is 92.2 Å². The summed E-state index contributed by atoms with van der Waals surface area (Å²) in [6, 6.07) is 0. The van der Waals surface area contributed by atoms with Gasteiger partial charge in [-0.15, -0.1) is 0 Å². The zero-order valence-corrected chi connectivity index (χ0v) is 9.84. The third kappa shape index (κ3) is 7.70. The van der Waals surface area contributed by atoms with Crippen molar-refractivity contribution >= 4 is 5.84 Å². The first-order chi connectivity index (χ1) is 7.10. The van der Waals surface area contributed by atoms with Crippen LogP contribution < -0.4 is 5.32 Å². The Bertz CT molecular complexity index is 277. The van der Waals surface area contributed by atoms with Gasteiger partial charge in [-0.3, -0.25) is 0 Å². The molecule has 0 aromatic heterocycles. The molecular weight excluding hydrogens is 188 g/mol. The Kier molecular flexibility index (Phi) is 7.28. The van der Waals surface area contributed by atoms with Crippen molar-refractivity contribution in [2.75, 3.05) is 13.2 Å². The minimum Gasteiger partial charge on any atom is -0.376 e. The maximum Gasteiger partial charge on any atom is 0.103 e. The molecule has 1 N–H and O–H groups in total. The molecule has 0 heterocycles. The van der Waals surface area contributed by atoms with Crippen molar-refractivity contribution in [2.24, 2.45) is 4.99 Å². The summed E-state index contributed by atoms with van der Waals surface area (Å²) in [5, 5.41) is 3.06. The lowest BCUT2D eigenvalue weighted by atomic mass is 10.4. The topological polar surface area (TPSA) is 33.6 Å². The average molecular weight is 208 g/mol. The van der Waals surface area contributed by atoms with E-state index in [0.29, 0.717) is 13.2 Å². The van der Waals surface area contributed by atoms with E-state index in [4.69, 9.17) is 4.74 Å². The number of rotatable bonds is 6. The van der Waals surface area contributed by atoms with E-state index in [-0.39, 0.29) is 0 Å². The van der Waals surface area contributed by atoms with E-state index >= 15 is 0 Å². The summed E-state index contributed by atoms with van der Waals surface area (Å²) >= 11 is 0. The van der Waals surface area contributed by atoms with Gasteiger partial charge in [0.25, 0.3) is 0 Å². The van der Waals surface area contributed by atoms with Crippen LogP contribution in [0.2, 0.25) is 0 Å². The second-order valence-electron chi connectivity index (χ2n) is 3.11. The smallest absolute Gasteiger partial charge is 0.103 e. The van der Waals surface area contributed by atoms with Crippen LogP contribution in [0.5, 0.6) is 0 Å². The Hall–Kier alpha value is -1.35. The van der Waals surface area contributed by atoms with Crippen LogP contribution in [-0.2, 0) is 4.74 Å². The highest BCUT2D eigenvalue weighted by Gasteiger charge is 1.95. The van der Waals surface area contributed by atoms with Crippen molar-refractivity contribution in [3.8, 4) is 0 Å². The van der Waals surface area contributed by atoms with Crippen LogP contribution in [-0.4, -0.2) is 19.0 Å². The van der Waals surface area contributed by atoms with E-state index < -0.39 is 0 Å². The number of nitrogens with zero attached hydrogens (tertiary/aromatic N) is 1. The van der Waals surface area contributed by atoms with Crippen LogP contribution in [0, 0.1) is 0 Å².